The molecule has 10 heteroatoms. The van der Waals surface area contributed by atoms with Gasteiger partial charge in [0.15, 0.2) is 0 Å². The van der Waals surface area contributed by atoms with Gasteiger partial charge in [-0.1, -0.05) is 87.4 Å². The molecule has 38 heavy (non-hydrogen) atoms. The molecule has 0 aliphatic carbocycles. The number of amidine groups is 2. The van der Waals surface area contributed by atoms with Crippen LogP contribution in [0, 0.1) is 0 Å². The Kier molecular flexibility index (Phi) is 18.3. The number of hydrogen-bond acceptors (Lipinski definition) is 6. The van der Waals surface area contributed by atoms with Crippen molar-refractivity contribution in [3.05, 3.63) is 59.7 Å². The van der Waals surface area contributed by atoms with Crippen molar-refractivity contribution in [2.24, 2.45) is 21.5 Å². The molecule has 0 aliphatic rings. The molecule has 0 unspecified atom stereocenters. The fourth-order valence-corrected chi connectivity index (χ4v) is 6.88. The number of thioether (sulfide) groups is 2. The Morgan fingerprint density at radius 3 is 1.21 bits per heavy atom. The van der Waals surface area contributed by atoms with Crippen molar-refractivity contribution in [3.63, 3.8) is 0 Å². The van der Waals surface area contributed by atoms with E-state index in [4.69, 9.17) is 11.5 Å². The molecule has 4 nitrogen and oxygen atoms in total. The SMILES string of the molecule is CC(C)(C)Sc1ccc(CCN=C(N)CSSCC(N)=NCCc2ccc(SC(C)(C)C)cc2)cc1.Cl.Cl. The topological polar surface area (TPSA) is 76.8 Å². The predicted molar refractivity (Wildman–Crippen MR) is 184 cm³/mol. The summed E-state index contributed by atoms with van der Waals surface area (Å²) in [6, 6.07) is 17.5. The summed E-state index contributed by atoms with van der Waals surface area (Å²) < 4.78 is 0.454. The molecule has 2 aromatic carbocycles. The third-order valence-electron chi connectivity index (χ3n) is 4.62. The summed E-state index contributed by atoms with van der Waals surface area (Å²) in [7, 11) is 3.35. The lowest BCUT2D eigenvalue weighted by atomic mass is 10.1. The number of rotatable bonds is 13. The molecule has 0 bridgehead atoms. The summed E-state index contributed by atoms with van der Waals surface area (Å²) in [5.74, 6) is 2.74. The fraction of sp³-hybridized carbons (Fsp3) is 0.500. The van der Waals surface area contributed by atoms with Gasteiger partial charge in [-0.2, -0.15) is 0 Å². The van der Waals surface area contributed by atoms with Crippen molar-refractivity contribution in [2.75, 3.05) is 24.6 Å². The Morgan fingerprint density at radius 1 is 0.605 bits per heavy atom. The summed E-state index contributed by atoms with van der Waals surface area (Å²) in [5.41, 5.74) is 14.7. The van der Waals surface area contributed by atoms with Gasteiger partial charge in [0.25, 0.3) is 0 Å². The smallest absolute Gasteiger partial charge is 0.105 e. The average Bonchev–Trinajstić information content (AvgIpc) is 2.77. The zero-order valence-electron chi connectivity index (χ0n) is 23.4. The molecule has 4 N–H and O–H groups in total. The van der Waals surface area contributed by atoms with Gasteiger partial charge in [-0.3, -0.25) is 9.98 Å². The molecule has 0 radical (unpaired) electrons. The number of hydrogen-bond donors (Lipinski definition) is 2. The highest BCUT2D eigenvalue weighted by atomic mass is 35.5. The van der Waals surface area contributed by atoms with Gasteiger partial charge in [-0.05, 0) is 48.2 Å². The van der Waals surface area contributed by atoms with Crippen LogP contribution in [0.5, 0.6) is 0 Å². The highest BCUT2D eigenvalue weighted by molar-refractivity contribution is 8.77. The molecule has 0 fully saturated rings. The highest BCUT2D eigenvalue weighted by Gasteiger charge is 2.12. The first-order valence-electron chi connectivity index (χ1n) is 12.3. The minimum Gasteiger partial charge on any atom is -0.387 e. The van der Waals surface area contributed by atoms with Crippen molar-refractivity contribution in [3.8, 4) is 0 Å². The first-order chi connectivity index (χ1) is 16.9. The number of halogens is 2. The average molecular weight is 636 g/mol. The van der Waals surface area contributed by atoms with Crippen LogP contribution in [-0.4, -0.2) is 45.8 Å². The van der Waals surface area contributed by atoms with Gasteiger partial charge in [-0.15, -0.1) is 48.3 Å². The maximum absolute atomic E-state index is 6.09. The van der Waals surface area contributed by atoms with E-state index in [1.54, 1.807) is 21.6 Å². The van der Waals surface area contributed by atoms with E-state index in [1.165, 1.54) is 20.9 Å². The van der Waals surface area contributed by atoms with Crippen LogP contribution in [-0.2, 0) is 12.8 Å². The lowest BCUT2D eigenvalue weighted by Crippen LogP contribution is -2.17. The summed E-state index contributed by atoms with van der Waals surface area (Å²) in [6.45, 7) is 14.8. The van der Waals surface area contributed by atoms with Crippen molar-refractivity contribution >= 4 is 81.6 Å². The van der Waals surface area contributed by atoms with Gasteiger partial charge < -0.3 is 11.5 Å². The van der Waals surface area contributed by atoms with E-state index < -0.39 is 0 Å². The minimum atomic E-state index is 0. The van der Waals surface area contributed by atoms with Crippen molar-refractivity contribution in [2.45, 2.75) is 73.7 Å². The molecule has 0 saturated carbocycles. The Morgan fingerprint density at radius 2 is 0.921 bits per heavy atom. The van der Waals surface area contributed by atoms with E-state index in [-0.39, 0.29) is 34.3 Å². The Bertz CT molecular complexity index is 902. The Labute approximate surface area is 259 Å². The van der Waals surface area contributed by atoms with Gasteiger partial charge in [0.1, 0.15) is 11.7 Å². The minimum absolute atomic E-state index is 0. The van der Waals surface area contributed by atoms with Crippen molar-refractivity contribution in [1.82, 2.24) is 0 Å². The second kappa shape index (κ2) is 18.7. The molecule has 2 rings (SSSR count). The van der Waals surface area contributed by atoms with E-state index in [0.29, 0.717) is 36.3 Å². The maximum Gasteiger partial charge on any atom is 0.105 e. The molecule has 0 saturated heterocycles. The summed E-state index contributed by atoms with van der Waals surface area (Å²) >= 11 is 3.77. The Balaban J connectivity index is 0.00000684. The third-order valence-corrected chi connectivity index (χ3v) is 9.06. The highest BCUT2D eigenvalue weighted by Crippen LogP contribution is 2.32. The van der Waals surface area contributed by atoms with Crippen molar-refractivity contribution < 1.29 is 0 Å². The predicted octanol–water partition coefficient (Wildman–Crippen LogP) is 8.19. The van der Waals surface area contributed by atoms with Gasteiger partial charge in [0, 0.05) is 32.4 Å². The van der Waals surface area contributed by atoms with Crippen LogP contribution in [0.2, 0.25) is 0 Å². The molecule has 0 aliphatic heterocycles. The summed E-state index contributed by atoms with van der Waals surface area (Å²) in [5, 5.41) is 0. The summed E-state index contributed by atoms with van der Waals surface area (Å²) in [4.78, 5) is 11.6. The van der Waals surface area contributed by atoms with Gasteiger partial charge in [-0.25, -0.2) is 0 Å². The summed E-state index contributed by atoms with van der Waals surface area (Å²) in [6.07, 6.45) is 1.80. The van der Waals surface area contributed by atoms with E-state index in [0.717, 1.165) is 12.8 Å². The lowest BCUT2D eigenvalue weighted by Gasteiger charge is -2.17. The molecule has 0 heterocycles. The normalized spacial score (nSPS) is 12.6. The van der Waals surface area contributed by atoms with E-state index >= 15 is 0 Å². The number of nitrogens with zero attached hydrogens (tertiary/aromatic N) is 2. The molecular weight excluding hydrogens is 592 g/mol. The van der Waals surface area contributed by atoms with Crippen LogP contribution < -0.4 is 11.5 Å². The van der Waals surface area contributed by atoms with Gasteiger partial charge in [0.2, 0.25) is 0 Å². The molecule has 214 valence electrons. The first-order valence-corrected chi connectivity index (χ1v) is 16.4. The second-order valence-electron chi connectivity index (χ2n) is 10.5. The maximum atomic E-state index is 6.09. The van der Waals surface area contributed by atoms with Crippen LogP contribution in [0.1, 0.15) is 52.7 Å². The Hall–Kier alpha value is -0.640. The van der Waals surface area contributed by atoms with Crippen LogP contribution >= 0.6 is 69.9 Å². The monoisotopic (exact) mass is 634 g/mol. The van der Waals surface area contributed by atoms with E-state index in [2.05, 4.69) is 100 Å². The number of aliphatic imine (C=N–C) groups is 2. The molecule has 2 aromatic rings. The fourth-order valence-electron chi connectivity index (χ4n) is 3.11. The molecule has 0 amide bonds. The molecule has 0 spiro atoms. The van der Waals surface area contributed by atoms with Crippen LogP contribution in [0.25, 0.3) is 0 Å². The van der Waals surface area contributed by atoms with Crippen LogP contribution in [0.4, 0.5) is 0 Å². The lowest BCUT2D eigenvalue weighted by molar-refractivity contribution is 0.802. The zero-order valence-corrected chi connectivity index (χ0v) is 28.3. The largest absolute Gasteiger partial charge is 0.387 e. The molecule has 0 atom stereocenters. The third kappa shape index (κ3) is 17.9. The zero-order chi connectivity index (χ0) is 26.6. The van der Waals surface area contributed by atoms with Crippen LogP contribution in [0.3, 0.4) is 0 Å². The van der Waals surface area contributed by atoms with E-state index in [1.807, 2.05) is 23.5 Å². The molecule has 0 aromatic heterocycles. The number of benzene rings is 2. The first kappa shape index (κ1) is 37.4. The van der Waals surface area contributed by atoms with Crippen LogP contribution in [0.15, 0.2) is 68.3 Å². The van der Waals surface area contributed by atoms with Gasteiger partial charge >= 0.3 is 0 Å². The quantitative estimate of drug-likeness (QED) is 0.0760. The standard InChI is InChI=1S/C28H42N4S4.2ClH/c1-27(2,3)35-23-11-7-21(8-12-23)15-17-31-25(29)19-33-34-20-26(30)32-18-16-22-9-13-24(14-10-22)36-28(4,5)6;;/h7-14H,15-20H2,1-6H3,(H2,29,31)(H2,30,32);2*1H. The second-order valence-corrected chi connectivity index (χ2v) is 16.8. The van der Waals surface area contributed by atoms with E-state index in [9.17, 15) is 0 Å². The van der Waals surface area contributed by atoms with Crippen molar-refractivity contribution in [1.29, 1.82) is 0 Å². The number of nitrogens with two attached hydrogens (primary N) is 2. The molecular formula is C28H44Cl2N4S4. The van der Waals surface area contributed by atoms with Gasteiger partial charge in [0.05, 0.1) is 11.5 Å².